The van der Waals surface area contributed by atoms with Crippen LogP contribution in [-0.2, 0) is 11.3 Å². The van der Waals surface area contributed by atoms with Gasteiger partial charge in [0.05, 0.1) is 0 Å². The van der Waals surface area contributed by atoms with Crippen molar-refractivity contribution in [2.75, 3.05) is 58.4 Å². The number of aliphatic imine (C=N–C) groups is 1. The van der Waals surface area contributed by atoms with Gasteiger partial charge in [0.15, 0.2) is 5.96 Å². The highest BCUT2D eigenvalue weighted by molar-refractivity contribution is 5.80. The molecule has 154 valence electrons. The van der Waals surface area contributed by atoms with Crippen LogP contribution in [0.5, 0.6) is 0 Å². The van der Waals surface area contributed by atoms with Crippen LogP contribution in [0, 0.1) is 0 Å². The van der Waals surface area contributed by atoms with Crippen molar-refractivity contribution in [3.63, 3.8) is 0 Å². The van der Waals surface area contributed by atoms with Gasteiger partial charge in [-0.25, -0.2) is 0 Å². The highest BCUT2D eigenvalue weighted by Crippen LogP contribution is 2.17. The molecule has 3 rings (SSSR count). The smallest absolute Gasteiger partial charge is 0.191 e. The van der Waals surface area contributed by atoms with Crippen molar-refractivity contribution in [3.8, 4) is 0 Å². The molecule has 2 heterocycles. The summed E-state index contributed by atoms with van der Waals surface area (Å²) in [5.74, 6) is 0.894. The molecule has 0 spiro atoms. The lowest BCUT2D eigenvalue weighted by molar-refractivity contribution is 0.155. The van der Waals surface area contributed by atoms with Gasteiger partial charge in [-0.15, -0.1) is 0 Å². The number of anilines is 1. The molecule has 0 saturated carbocycles. The summed E-state index contributed by atoms with van der Waals surface area (Å²) >= 11 is 0. The third-order valence-corrected chi connectivity index (χ3v) is 5.55. The second kappa shape index (κ2) is 11.1. The topological polar surface area (TPSA) is 52.1 Å². The Kier molecular flexibility index (Phi) is 8.18. The Bertz CT molecular complexity index is 627. The highest BCUT2D eigenvalue weighted by atomic mass is 16.5. The van der Waals surface area contributed by atoms with Crippen LogP contribution in [0.2, 0.25) is 0 Å². The molecule has 1 aromatic carbocycles. The number of hydrogen-bond acceptors (Lipinski definition) is 4. The van der Waals surface area contributed by atoms with Crippen LogP contribution in [0.15, 0.2) is 41.4 Å². The predicted octanol–water partition coefficient (Wildman–Crippen LogP) is 2.23. The Hall–Kier alpha value is -2.05. The van der Waals surface area contributed by atoms with Gasteiger partial charge in [0.2, 0.25) is 0 Å². The third-order valence-electron chi connectivity index (χ3n) is 5.55. The second-order valence-electron chi connectivity index (χ2n) is 7.58. The number of piperidine rings is 1. The number of nitrogens with one attached hydrogen (secondary N) is 2. The van der Waals surface area contributed by atoms with Crippen LogP contribution in [0.1, 0.15) is 24.8 Å². The number of methoxy groups -OCH3 is 1. The summed E-state index contributed by atoms with van der Waals surface area (Å²) in [7, 11) is 3.62. The number of nitrogens with zero attached hydrogens (tertiary/aromatic N) is 3. The highest BCUT2D eigenvalue weighted by Gasteiger charge is 2.19. The van der Waals surface area contributed by atoms with Crippen molar-refractivity contribution >= 4 is 11.6 Å². The van der Waals surface area contributed by atoms with Crippen molar-refractivity contribution in [1.29, 1.82) is 0 Å². The van der Waals surface area contributed by atoms with E-state index in [0.29, 0.717) is 6.04 Å². The van der Waals surface area contributed by atoms with Crippen LogP contribution < -0.4 is 15.5 Å². The van der Waals surface area contributed by atoms with Gasteiger partial charge >= 0.3 is 0 Å². The summed E-state index contributed by atoms with van der Waals surface area (Å²) < 4.78 is 5.15. The lowest BCUT2D eigenvalue weighted by atomic mass is 10.1. The first kappa shape index (κ1) is 20.7. The van der Waals surface area contributed by atoms with Crippen LogP contribution >= 0.6 is 0 Å². The Morgan fingerprint density at radius 3 is 2.50 bits per heavy atom. The zero-order chi connectivity index (χ0) is 19.6. The molecule has 0 unspecified atom stereocenters. The van der Waals surface area contributed by atoms with Gasteiger partial charge < -0.3 is 25.2 Å². The summed E-state index contributed by atoms with van der Waals surface area (Å²) in [6, 6.07) is 9.31. The molecule has 2 aliphatic rings. The van der Waals surface area contributed by atoms with Crippen LogP contribution in [0.4, 0.5) is 5.69 Å². The fraction of sp³-hybridized carbons (Fsp3) is 0.591. The van der Waals surface area contributed by atoms with Crippen molar-refractivity contribution in [2.24, 2.45) is 4.99 Å². The SMILES string of the molecule is CN=C(NCc1ccc(N2CC=CC2)cc1)NC1CCN(CCCOC)CC1. The van der Waals surface area contributed by atoms with Crippen LogP contribution in [0.25, 0.3) is 0 Å². The van der Waals surface area contributed by atoms with Gasteiger partial charge in [-0.05, 0) is 37.0 Å². The van der Waals surface area contributed by atoms with Crippen molar-refractivity contribution in [1.82, 2.24) is 15.5 Å². The summed E-state index contributed by atoms with van der Waals surface area (Å²) in [6.45, 7) is 7.09. The normalized spacial score (nSPS) is 18.6. The average molecular weight is 386 g/mol. The monoisotopic (exact) mass is 385 g/mol. The number of benzene rings is 1. The third kappa shape index (κ3) is 6.24. The van der Waals surface area contributed by atoms with Gasteiger partial charge in [0, 0.05) is 71.8 Å². The van der Waals surface area contributed by atoms with Crippen molar-refractivity contribution < 1.29 is 4.74 Å². The van der Waals surface area contributed by atoms with E-state index in [-0.39, 0.29) is 0 Å². The number of hydrogen-bond donors (Lipinski definition) is 2. The minimum Gasteiger partial charge on any atom is -0.385 e. The van der Waals surface area contributed by atoms with E-state index in [9.17, 15) is 0 Å². The first-order valence-electron chi connectivity index (χ1n) is 10.5. The summed E-state index contributed by atoms with van der Waals surface area (Å²) in [5.41, 5.74) is 2.56. The minimum atomic E-state index is 0.495. The predicted molar refractivity (Wildman–Crippen MR) is 117 cm³/mol. The molecule has 0 bridgehead atoms. The number of guanidine groups is 1. The maximum Gasteiger partial charge on any atom is 0.191 e. The summed E-state index contributed by atoms with van der Waals surface area (Å²) in [6.07, 6.45) is 7.87. The molecule has 2 aliphatic heterocycles. The molecular formula is C22H35N5O. The van der Waals surface area contributed by atoms with Gasteiger partial charge in [0.25, 0.3) is 0 Å². The fourth-order valence-electron chi connectivity index (χ4n) is 3.82. The van der Waals surface area contributed by atoms with E-state index >= 15 is 0 Å². The minimum absolute atomic E-state index is 0.495. The zero-order valence-electron chi connectivity index (χ0n) is 17.4. The summed E-state index contributed by atoms with van der Waals surface area (Å²) in [5, 5.41) is 7.05. The Morgan fingerprint density at radius 2 is 1.86 bits per heavy atom. The molecule has 0 aromatic heterocycles. The molecular weight excluding hydrogens is 350 g/mol. The van der Waals surface area contributed by atoms with E-state index in [4.69, 9.17) is 4.74 Å². The van der Waals surface area contributed by atoms with Crippen LogP contribution in [0.3, 0.4) is 0 Å². The van der Waals surface area contributed by atoms with Gasteiger partial charge in [0.1, 0.15) is 0 Å². The molecule has 0 radical (unpaired) electrons. The second-order valence-corrected chi connectivity index (χ2v) is 7.58. The molecule has 0 atom stereocenters. The van der Waals surface area contributed by atoms with Crippen molar-refractivity contribution in [2.45, 2.75) is 31.8 Å². The number of rotatable bonds is 8. The van der Waals surface area contributed by atoms with E-state index in [2.05, 4.69) is 61.8 Å². The van der Waals surface area contributed by atoms with Crippen LogP contribution in [-0.4, -0.2) is 70.4 Å². The molecule has 6 heteroatoms. The van der Waals surface area contributed by atoms with E-state index in [0.717, 1.165) is 71.1 Å². The lowest BCUT2D eigenvalue weighted by Crippen LogP contribution is -2.48. The first-order valence-corrected chi connectivity index (χ1v) is 10.5. The Morgan fingerprint density at radius 1 is 1.14 bits per heavy atom. The average Bonchev–Trinajstić information content (AvgIpc) is 3.28. The standard InChI is InChI=1S/C22H35N5O/c1-23-22(25-20-10-15-26(16-11-20)12-5-17-28-2)24-18-19-6-8-21(9-7-19)27-13-3-4-14-27/h3-4,6-9,20H,5,10-18H2,1-2H3,(H2,23,24,25). The first-order chi connectivity index (χ1) is 13.8. The van der Waals surface area contributed by atoms with E-state index < -0.39 is 0 Å². The Balaban J connectivity index is 1.38. The molecule has 6 nitrogen and oxygen atoms in total. The lowest BCUT2D eigenvalue weighted by Gasteiger charge is -2.33. The molecule has 1 fully saturated rings. The molecule has 0 amide bonds. The van der Waals surface area contributed by atoms with E-state index in [1.54, 1.807) is 7.11 Å². The molecule has 2 N–H and O–H groups in total. The quantitative estimate of drug-likeness (QED) is 0.311. The largest absolute Gasteiger partial charge is 0.385 e. The molecule has 28 heavy (non-hydrogen) atoms. The summed E-state index contributed by atoms with van der Waals surface area (Å²) in [4.78, 5) is 9.30. The molecule has 0 aliphatic carbocycles. The van der Waals surface area contributed by atoms with Gasteiger partial charge in [-0.2, -0.15) is 0 Å². The Labute approximate surface area is 169 Å². The number of ether oxygens (including phenoxy) is 1. The maximum absolute atomic E-state index is 5.15. The zero-order valence-corrected chi connectivity index (χ0v) is 17.4. The van der Waals surface area contributed by atoms with Crippen molar-refractivity contribution in [3.05, 3.63) is 42.0 Å². The van der Waals surface area contributed by atoms with Gasteiger partial charge in [-0.1, -0.05) is 24.3 Å². The fourth-order valence-corrected chi connectivity index (χ4v) is 3.82. The number of likely N-dealkylation sites (tertiary alicyclic amines) is 1. The van der Waals surface area contributed by atoms with Gasteiger partial charge in [-0.3, -0.25) is 4.99 Å². The van der Waals surface area contributed by atoms with E-state index in [1.807, 2.05) is 7.05 Å². The van der Waals surface area contributed by atoms with E-state index in [1.165, 1.54) is 11.3 Å². The molecule has 1 saturated heterocycles. The maximum atomic E-state index is 5.15. The molecule has 1 aromatic rings.